The summed E-state index contributed by atoms with van der Waals surface area (Å²) in [5.41, 5.74) is 0.931. The molecule has 0 aromatic heterocycles. The highest BCUT2D eigenvalue weighted by Crippen LogP contribution is 2.28. The molecule has 0 aliphatic carbocycles. The zero-order valence-corrected chi connectivity index (χ0v) is 19.4. The van der Waals surface area contributed by atoms with Gasteiger partial charge in [-0.3, -0.25) is 14.4 Å². The van der Waals surface area contributed by atoms with Crippen LogP contribution in [-0.4, -0.2) is 68.4 Å². The quantitative estimate of drug-likeness (QED) is 0.664. The van der Waals surface area contributed by atoms with E-state index in [9.17, 15) is 14.4 Å². The molecular weight excluding hydrogens is 422 g/mol. The number of hydrogen-bond acceptors (Lipinski definition) is 5. The molecule has 33 heavy (non-hydrogen) atoms. The van der Waals surface area contributed by atoms with Gasteiger partial charge in [-0.05, 0) is 43.2 Å². The topological polar surface area (TPSA) is 88.2 Å². The Morgan fingerprint density at radius 1 is 1.06 bits per heavy atom. The van der Waals surface area contributed by atoms with Crippen molar-refractivity contribution in [3.8, 4) is 11.5 Å². The van der Waals surface area contributed by atoms with Crippen molar-refractivity contribution in [1.82, 2.24) is 9.80 Å². The van der Waals surface area contributed by atoms with Crippen molar-refractivity contribution in [2.45, 2.75) is 19.3 Å². The monoisotopic (exact) mass is 453 g/mol. The summed E-state index contributed by atoms with van der Waals surface area (Å²) in [5.74, 6) is 0.754. The minimum Gasteiger partial charge on any atom is -0.495 e. The molecule has 176 valence electrons. The Hall–Kier alpha value is -3.55. The van der Waals surface area contributed by atoms with E-state index < -0.39 is 0 Å². The number of methoxy groups -OCH3 is 1. The van der Waals surface area contributed by atoms with Gasteiger partial charge >= 0.3 is 0 Å². The lowest BCUT2D eigenvalue weighted by Gasteiger charge is -2.31. The lowest BCUT2D eigenvalue weighted by Crippen LogP contribution is -2.41. The van der Waals surface area contributed by atoms with Gasteiger partial charge in [0.1, 0.15) is 11.5 Å². The number of hydrogen-bond donors (Lipinski definition) is 1. The number of benzene rings is 2. The van der Waals surface area contributed by atoms with Crippen LogP contribution in [0.15, 0.2) is 48.5 Å². The van der Waals surface area contributed by atoms with Crippen LogP contribution in [0.1, 0.15) is 29.6 Å². The molecule has 0 atom stereocenters. The van der Waals surface area contributed by atoms with Gasteiger partial charge in [-0.2, -0.15) is 0 Å². The number of anilines is 1. The number of nitrogens with zero attached hydrogens (tertiary/aromatic N) is 2. The van der Waals surface area contributed by atoms with Crippen molar-refractivity contribution in [2.24, 2.45) is 5.92 Å². The maximum absolute atomic E-state index is 12.9. The maximum Gasteiger partial charge on any atom is 0.253 e. The number of para-hydroxylation sites is 1. The summed E-state index contributed by atoms with van der Waals surface area (Å²) in [6.45, 7) is 1.38. The van der Waals surface area contributed by atoms with Crippen LogP contribution in [0.4, 0.5) is 5.69 Å². The van der Waals surface area contributed by atoms with Gasteiger partial charge in [0.05, 0.1) is 25.8 Å². The fourth-order valence-electron chi connectivity index (χ4n) is 3.75. The molecule has 1 N–H and O–H groups in total. The van der Waals surface area contributed by atoms with Crippen LogP contribution in [0, 0.1) is 5.92 Å². The van der Waals surface area contributed by atoms with Crippen molar-refractivity contribution in [1.29, 1.82) is 0 Å². The van der Waals surface area contributed by atoms with E-state index in [0.29, 0.717) is 56.0 Å². The second kappa shape index (κ2) is 11.4. The van der Waals surface area contributed by atoms with Gasteiger partial charge in [-0.25, -0.2) is 0 Å². The largest absolute Gasteiger partial charge is 0.495 e. The van der Waals surface area contributed by atoms with Crippen LogP contribution in [0.3, 0.4) is 0 Å². The van der Waals surface area contributed by atoms with E-state index in [1.165, 1.54) is 12.0 Å². The number of rotatable bonds is 8. The highest BCUT2D eigenvalue weighted by Gasteiger charge is 2.28. The fourth-order valence-corrected chi connectivity index (χ4v) is 3.75. The first-order chi connectivity index (χ1) is 15.9. The molecule has 3 amide bonds. The summed E-state index contributed by atoms with van der Waals surface area (Å²) in [7, 11) is 4.87. The highest BCUT2D eigenvalue weighted by atomic mass is 16.5. The molecule has 1 saturated heterocycles. The van der Waals surface area contributed by atoms with Gasteiger partial charge in [-0.1, -0.05) is 18.2 Å². The van der Waals surface area contributed by atoms with Crippen LogP contribution >= 0.6 is 0 Å². The number of ether oxygens (including phenoxy) is 2. The second-order valence-corrected chi connectivity index (χ2v) is 8.17. The van der Waals surface area contributed by atoms with Crippen LogP contribution in [0.2, 0.25) is 0 Å². The second-order valence-electron chi connectivity index (χ2n) is 8.17. The Kier molecular flexibility index (Phi) is 8.29. The minimum atomic E-state index is -0.215. The average Bonchev–Trinajstić information content (AvgIpc) is 2.84. The number of nitrogens with one attached hydrogen (secondary N) is 1. The first-order valence-electron chi connectivity index (χ1n) is 11.0. The molecule has 2 aromatic rings. The third-order valence-electron chi connectivity index (χ3n) is 5.66. The standard InChI is InChI=1S/C25H31N3O5/c1-27(2)25(31)19-9-10-22(32-3)21(17-19)26-24(30)18-11-14-28(15-12-18)23(29)13-16-33-20-7-5-4-6-8-20/h4-10,17-18H,11-16H2,1-3H3,(H,26,30). The predicted molar refractivity (Wildman–Crippen MR) is 125 cm³/mol. The van der Waals surface area contributed by atoms with Crippen LogP contribution in [-0.2, 0) is 9.59 Å². The number of carbonyl (C=O) groups is 3. The van der Waals surface area contributed by atoms with Gasteiger partial charge < -0.3 is 24.6 Å². The van der Waals surface area contributed by atoms with E-state index in [-0.39, 0.29) is 23.6 Å². The smallest absolute Gasteiger partial charge is 0.253 e. The van der Waals surface area contributed by atoms with Gasteiger partial charge in [0, 0.05) is 38.7 Å². The molecule has 8 heteroatoms. The molecule has 0 bridgehead atoms. The lowest BCUT2D eigenvalue weighted by molar-refractivity contribution is -0.135. The molecule has 1 fully saturated rings. The molecule has 0 radical (unpaired) electrons. The maximum atomic E-state index is 12.9. The molecule has 0 unspecified atom stereocenters. The molecule has 0 spiro atoms. The van der Waals surface area contributed by atoms with Crippen molar-refractivity contribution in [3.63, 3.8) is 0 Å². The van der Waals surface area contributed by atoms with Gasteiger partial charge in [0.25, 0.3) is 5.91 Å². The molecular formula is C25H31N3O5. The Morgan fingerprint density at radius 2 is 1.76 bits per heavy atom. The summed E-state index contributed by atoms with van der Waals surface area (Å²) in [6.07, 6.45) is 1.46. The third-order valence-corrected chi connectivity index (χ3v) is 5.66. The molecule has 0 saturated carbocycles. The first kappa shape index (κ1) is 24.1. The third kappa shape index (κ3) is 6.47. The molecule has 1 aliphatic rings. The number of carbonyl (C=O) groups excluding carboxylic acids is 3. The van der Waals surface area contributed by atoms with E-state index in [1.807, 2.05) is 30.3 Å². The number of amides is 3. The Morgan fingerprint density at radius 3 is 2.39 bits per heavy atom. The zero-order chi connectivity index (χ0) is 23.8. The van der Waals surface area contributed by atoms with Gasteiger partial charge in [0.2, 0.25) is 11.8 Å². The molecule has 8 nitrogen and oxygen atoms in total. The van der Waals surface area contributed by atoms with Crippen molar-refractivity contribution in [3.05, 3.63) is 54.1 Å². The van der Waals surface area contributed by atoms with E-state index in [2.05, 4.69) is 5.32 Å². The van der Waals surface area contributed by atoms with E-state index >= 15 is 0 Å². The van der Waals surface area contributed by atoms with Gasteiger partial charge in [0.15, 0.2) is 0 Å². The predicted octanol–water partition coefficient (Wildman–Crippen LogP) is 3.04. The summed E-state index contributed by atoms with van der Waals surface area (Å²) < 4.78 is 10.9. The Labute approximate surface area is 194 Å². The lowest BCUT2D eigenvalue weighted by atomic mass is 9.95. The van der Waals surface area contributed by atoms with E-state index in [1.54, 1.807) is 37.2 Å². The van der Waals surface area contributed by atoms with Gasteiger partial charge in [-0.15, -0.1) is 0 Å². The fraction of sp³-hybridized carbons (Fsp3) is 0.400. The Balaban J connectivity index is 1.50. The molecule has 2 aromatic carbocycles. The van der Waals surface area contributed by atoms with Crippen molar-refractivity contribution < 1.29 is 23.9 Å². The molecule has 1 heterocycles. The first-order valence-corrected chi connectivity index (χ1v) is 11.0. The number of likely N-dealkylation sites (tertiary alicyclic amines) is 1. The Bertz CT molecular complexity index is 969. The van der Waals surface area contributed by atoms with E-state index in [0.717, 1.165) is 5.75 Å². The SMILES string of the molecule is COc1ccc(C(=O)N(C)C)cc1NC(=O)C1CCN(C(=O)CCOc2ccccc2)CC1. The van der Waals surface area contributed by atoms with Crippen LogP contribution in [0.5, 0.6) is 11.5 Å². The van der Waals surface area contributed by atoms with Crippen molar-refractivity contribution in [2.75, 3.05) is 46.2 Å². The summed E-state index contributed by atoms with van der Waals surface area (Å²) in [4.78, 5) is 40.9. The highest BCUT2D eigenvalue weighted by molar-refractivity contribution is 5.98. The normalized spacial score (nSPS) is 13.8. The summed E-state index contributed by atoms with van der Waals surface area (Å²) in [6, 6.07) is 14.4. The molecule has 3 rings (SSSR count). The average molecular weight is 454 g/mol. The summed E-state index contributed by atoms with van der Waals surface area (Å²) in [5, 5.41) is 2.90. The molecule has 1 aliphatic heterocycles. The summed E-state index contributed by atoms with van der Waals surface area (Å²) >= 11 is 0. The van der Waals surface area contributed by atoms with Crippen LogP contribution < -0.4 is 14.8 Å². The van der Waals surface area contributed by atoms with Crippen LogP contribution in [0.25, 0.3) is 0 Å². The number of piperidine rings is 1. The minimum absolute atomic E-state index is 0.0290. The van der Waals surface area contributed by atoms with Crippen molar-refractivity contribution >= 4 is 23.4 Å². The van der Waals surface area contributed by atoms with E-state index in [4.69, 9.17) is 9.47 Å². The zero-order valence-electron chi connectivity index (χ0n) is 19.4.